The van der Waals surface area contributed by atoms with Crippen LogP contribution in [0.15, 0.2) is 12.1 Å². The Morgan fingerprint density at radius 3 is 2.77 bits per heavy atom. The van der Waals surface area contributed by atoms with Gasteiger partial charge in [-0.05, 0) is 19.2 Å². The minimum atomic E-state index is 0.187. The highest BCUT2D eigenvalue weighted by Gasteiger charge is 2.40. The molecule has 2 heterocycles. The maximum absolute atomic E-state index is 5.90. The van der Waals surface area contributed by atoms with E-state index in [2.05, 4.69) is 11.4 Å². The average molecular weight is 218 g/mol. The zero-order chi connectivity index (χ0) is 9.31. The number of likely N-dealkylation sites (N-methyl/N-ethyl adjacent to an activating group) is 1. The Kier molecular flexibility index (Phi) is 2.60. The predicted octanol–water partition coefficient (Wildman–Crippen LogP) is 1.89. The van der Waals surface area contributed by atoms with Crippen molar-refractivity contribution >= 4 is 22.9 Å². The summed E-state index contributed by atoms with van der Waals surface area (Å²) >= 11 is 7.56. The van der Waals surface area contributed by atoms with Crippen LogP contribution in [0.25, 0.3) is 0 Å². The van der Waals surface area contributed by atoms with Gasteiger partial charge in [0.2, 0.25) is 0 Å². The van der Waals surface area contributed by atoms with Gasteiger partial charge in [-0.25, -0.2) is 0 Å². The lowest BCUT2D eigenvalue weighted by Gasteiger charge is -2.40. The lowest BCUT2D eigenvalue weighted by Crippen LogP contribution is -2.52. The smallest absolute Gasteiger partial charge is 0.0931 e. The first kappa shape index (κ1) is 9.46. The molecule has 0 atom stereocenters. The van der Waals surface area contributed by atoms with Crippen LogP contribution >= 0.6 is 22.9 Å². The number of ether oxygens (including phenoxy) is 1. The lowest BCUT2D eigenvalue weighted by molar-refractivity contribution is -0.0564. The van der Waals surface area contributed by atoms with Gasteiger partial charge in [0, 0.05) is 11.4 Å². The molecular formula is C9H12ClNOS. The molecule has 1 fully saturated rings. The third-order valence-corrected chi connectivity index (χ3v) is 3.85. The van der Waals surface area contributed by atoms with Gasteiger partial charge in [-0.1, -0.05) is 11.6 Å². The van der Waals surface area contributed by atoms with E-state index in [0.717, 1.165) is 24.1 Å². The summed E-state index contributed by atoms with van der Waals surface area (Å²) in [5, 5.41) is 3.20. The van der Waals surface area contributed by atoms with Gasteiger partial charge < -0.3 is 10.1 Å². The Morgan fingerprint density at radius 2 is 2.38 bits per heavy atom. The fourth-order valence-corrected chi connectivity index (χ4v) is 2.82. The van der Waals surface area contributed by atoms with Crippen LogP contribution in [0.4, 0.5) is 0 Å². The molecule has 1 aromatic rings. The molecule has 2 nitrogen and oxygen atoms in total. The minimum Gasteiger partial charge on any atom is -0.379 e. The molecule has 1 N–H and O–H groups in total. The lowest BCUT2D eigenvalue weighted by atomic mass is 9.84. The van der Waals surface area contributed by atoms with Crippen molar-refractivity contribution in [3.8, 4) is 0 Å². The van der Waals surface area contributed by atoms with Crippen molar-refractivity contribution in [1.82, 2.24) is 5.32 Å². The monoisotopic (exact) mass is 217 g/mol. The van der Waals surface area contributed by atoms with E-state index in [0.29, 0.717) is 0 Å². The van der Waals surface area contributed by atoms with Crippen LogP contribution in [0.1, 0.15) is 4.88 Å². The first-order valence-electron chi connectivity index (χ1n) is 4.25. The van der Waals surface area contributed by atoms with E-state index in [1.165, 1.54) is 4.88 Å². The molecule has 0 unspecified atom stereocenters. The van der Waals surface area contributed by atoms with E-state index in [9.17, 15) is 0 Å². The van der Waals surface area contributed by atoms with Crippen molar-refractivity contribution in [3.05, 3.63) is 21.3 Å². The summed E-state index contributed by atoms with van der Waals surface area (Å²) in [5.41, 5.74) is 0.187. The molecule has 1 aliphatic heterocycles. The van der Waals surface area contributed by atoms with Crippen LogP contribution in [0.5, 0.6) is 0 Å². The number of thiophene rings is 1. The maximum Gasteiger partial charge on any atom is 0.0931 e. The van der Waals surface area contributed by atoms with Gasteiger partial charge in [-0.3, -0.25) is 0 Å². The van der Waals surface area contributed by atoms with Crippen LogP contribution < -0.4 is 5.32 Å². The van der Waals surface area contributed by atoms with Gasteiger partial charge in [0.25, 0.3) is 0 Å². The fourth-order valence-electron chi connectivity index (χ4n) is 1.62. The molecule has 4 heteroatoms. The Hall–Kier alpha value is -0.0900. The van der Waals surface area contributed by atoms with Gasteiger partial charge >= 0.3 is 0 Å². The van der Waals surface area contributed by atoms with Gasteiger partial charge in [0.1, 0.15) is 0 Å². The molecule has 0 radical (unpaired) electrons. The molecular weight excluding hydrogens is 206 g/mol. The molecule has 13 heavy (non-hydrogen) atoms. The largest absolute Gasteiger partial charge is 0.379 e. The Bertz CT molecular complexity index is 296. The highest BCUT2D eigenvalue weighted by molar-refractivity contribution is 7.16. The van der Waals surface area contributed by atoms with Crippen LogP contribution in [0, 0.1) is 0 Å². The van der Waals surface area contributed by atoms with Crippen LogP contribution in [-0.2, 0) is 10.2 Å². The molecule has 0 aliphatic carbocycles. The quantitative estimate of drug-likeness (QED) is 0.835. The van der Waals surface area contributed by atoms with Crippen LogP contribution in [0.3, 0.4) is 0 Å². The highest BCUT2D eigenvalue weighted by atomic mass is 35.5. The number of hydrogen-bond acceptors (Lipinski definition) is 3. The summed E-state index contributed by atoms with van der Waals surface area (Å²) in [4.78, 5) is 1.33. The first-order valence-corrected chi connectivity index (χ1v) is 5.44. The van der Waals surface area contributed by atoms with E-state index >= 15 is 0 Å². The molecule has 72 valence electrons. The van der Waals surface area contributed by atoms with Crippen molar-refractivity contribution in [1.29, 1.82) is 0 Å². The van der Waals surface area contributed by atoms with Gasteiger partial charge in [0.15, 0.2) is 0 Å². The zero-order valence-electron chi connectivity index (χ0n) is 7.47. The molecule has 1 aliphatic rings. The van der Waals surface area contributed by atoms with Gasteiger partial charge in [0.05, 0.1) is 23.0 Å². The molecule has 0 bridgehead atoms. The van der Waals surface area contributed by atoms with E-state index in [1.807, 2.05) is 13.1 Å². The van der Waals surface area contributed by atoms with Crippen molar-refractivity contribution in [3.63, 3.8) is 0 Å². The molecule has 0 saturated carbocycles. The Morgan fingerprint density at radius 1 is 1.62 bits per heavy atom. The molecule has 2 rings (SSSR count). The summed E-state index contributed by atoms with van der Waals surface area (Å²) in [5.74, 6) is 0. The van der Waals surface area contributed by atoms with Crippen LogP contribution in [0.2, 0.25) is 4.34 Å². The van der Waals surface area contributed by atoms with E-state index in [4.69, 9.17) is 16.3 Å². The maximum atomic E-state index is 5.90. The topological polar surface area (TPSA) is 21.3 Å². The summed E-state index contributed by atoms with van der Waals surface area (Å²) in [6, 6.07) is 4.06. The van der Waals surface area contributed by atoms with Gasteiger partial charge in [-0.15, -0.1) is 11.3 Å². The van der Waals surface area contributed by atoms with Gasteiger partial charge in [-0.2, -0.15) is 0 Å². The normalized spacial score (nSPS) is 19.8. The number of halogens is 1. The molecule has 1 aromatic heterocycles. The highest BCUT2D eigenvalue weighted by Crippen LogP contribution is 2.37. The van der Waals surface area contributed by atoms with Crippen molar-refractivity contribution in [2.45, 2.75) is 5.41 Å². The van der Waals surface area contributed by atoms with E-state index < -0.39 is 0 Å². The second kappa shape index (κ2) is 3.58. The SMILES string of the molecule is CNCC1(c2ccc(Cl)s2)COC1. The summed E-state index contributed by atoms with van der Waals surface area (Å²) < 4.78 is 6.14. The molecule has 0 amide bonds. The standard InChI is InChI=1S/C9H12ClNOS/c1-11-4-9(5-12-6-9)7-2-3-8(10)13-7/h2-3,11H,4-6H2,1H3. The average Bonchev–Trinajstić information content (AvgIpc) is 2.44. The summed E-state index contributed by atoms with van der Waals surface area (Å²) in [7, 11) is 1.97. The summed E-state index contributed by atoms with van der Waals surface area (Å²) in [6.45, 7) is 2.58. The second-order valence-corrected chi connectivity index (χ2v) is 5.12. The molecule has 0 aromatic carbocycles. The van der Waals surface area contributed by atoms with Crippen molar-refractivity contribution < 1.29 is 4.74 Å². The van der Waals surface area contributed by atoms with Crippen LogP contribution in [-0.4, -0.2) is 26.8 Å². The Balaban J connectivity index is 2.21. The van der Waals surface area contributed by atoms with Crippen molar-refractivity contribution in [2.24, 2.45) is 0 Å². The first-order chi connectivity index (χ1) is 6.27. The van der Waals surface area contributed by atoms with E-state index in [-0.39, 0.29) is 5.41 Å². The molecule has 0 spiro atoms. The zero-order valence-corrected chi connectivity index (χ0v) is 9.04. The second-order valence-electron chi connectivity index (χ2n) is 3.41. The fraction of sp³-hybridized carbons (Fsp3) is 0.556. The minimum absolute atomic E-state index is 0.187. The predicted molar refractivity (Wildman–Crippen MR) is 55.8 cm³/mol. The van der Waals surface area contributed by atoms with Crippen molar-refractivity contribution in [2.75, 3.05) is 26.8 Å². The summed E-state index contributed by atoms with van der Waals surface area (Å²) in [6.07, 6.45) is 0. The third-order valence-electron chi connectivity index (χ3n) is 2.37. The third kappa shape index (κ3) is 1.62. The van der Waals surface area contributed by atoms with E-state index in [1.54, 1.807) is 11.3 Å². The number of rotatable bonds is 3. The molecule has 1 saturated heterocycles. The Labute approximate surface area is 86.9 Å². The number of hydrogen-bond donors (Lipinski definition) is 1. The number of nitrogens with one attached hydrogen (secondary N) is 1.